The van der Waals surface area contributed by atoms with Crippen molar-refractivity contribution in [1.82, 2.24) is 0 Å². The Morgan fingerprint density at radius 1 is 1.10 bits per heavy atom. The first-order valence-electron chi connectivity index (χ1n) is 7.62. The van der Waals surface area contributed by atoms with Crippen molar-refractivity contribution in [2.24, 2.45) is 0 Å². The van der Waals surface area contributed by atoms with Gasteiger partial charge in [0.05, 0.1) is 12.2 Å². The number of hydrogen-bond donors (Lipinski definition) is 1. The van der Waals surface area contributed by atoms with Crippen LogP contribution in [0.15, 0.2) is 18.2 Å². The number of benzene rings is 1. The smallest absolute Gasteiger partial charge is 0.338 e. The molecule has 20 heavy (non-hydrogen) atoms. The van der Waals surface area contributed by atoms with Crippen LogP contribution in [0.3, 0.4) is 0 Å². The third-order valence-electron chi connectivity index (χ3n) is 3.51. The van der Waals surface area contributed by atoms with Gasteiger partial charge in [-0.2, -0.15) is 0 Å². The molecule has 1 aromatic carbocycles. The van der Waals surface area contributed by atoms with E-state index in [2.05, 4.69) is 6.92 Å². The van der Waals surface area contributed by atoms with Crippen LogP contribution >= 0.6 is 0 Å². The van der Waals surface area contributed by atoms with Crippen LogP contribution in [0.5, 0.6) is 5.75 Å². The lowest BCUT2D eigenvalue weighted by atomic mass is 10.1. The summed E-state index contributed by atoms with van der Waals surface area (Å²) in [5.74, 6) is -0.209. The highest BCUT2D eigenvalue weighted by Gasteiger charge is 2.12. The van der Waals surface area contributed by atoms with Crippen molar-refractivity contribution in [3.05, 3.63) is 29.3 Å². The highest BCUT2D eigenvalue weighted by Crippen LogP contribution is 2.20. The zero-order valence-corrected chi connectivity index (χ0v) is 12.7. The van der Waals surface area contributed by atoms with E-state index in [1.54, 1.807) is 25.1 Å². The number of ether oxygens (including phenoxy) is 1. The molecule has 1 aromatic rings. The summed E-state index contributed by atoms with van der Waals surface area (Å²) in [7, 11) is 0. The van der Waals surface area contributed by atoms with Crippen molar-refractivity contribution in [1.29, 1.82) is 0 Å². The number of carbonyl (C=O) groups excluding carboxylic acids is 1. The topological polar surface area (TPSA) is 46.5 Å². The number of esters is 1. The van der Waals surface area contributed by atoms with E-state index in [1.807, 2.05) is 0 Å². The van der Waals surface area contributed by atoms with Crippen molar-refractivity contribution in [2.75, 3.05) is 6.61 Å². The van der Waals surface area contributed by atoms with E-state index in [-0.39, 0.29) is 11.7 Å². The zero-order valence-electron chi connectivity index (χ0n) is 12.7. The summed E-state index contributed by atoms with van der Waals surface area (Å²) in [4.78, 5) is 11.9. The number of hydrogen-bond acceptors (Lipinski definition) is 3. The molecule has 0 aliphatic carbocycles. The van der Waals surface area contributed by atoms with Crippen molar-refractivity contribution in [2.45, 2.75) is 58.8 Å². The molecule has 0 saturated heterocycles. The highest BCUT2D eigenvalue weighted by atomic mass is 16.5. The molecule has 112 valence electrons. The number of phenolic OH excluding ortho intramolecular Hbond substituents is 1. The van der Waals surface area contributed by atoms with Crippen LogP contribution in [0.4, 0.5) is 0 Å². The Hall–Kier alpha value is -1.51. The van der Waals surface area contributed by atoms with Gasteiger partial charge >= 0.3 is 5.97 Å². The van der Waals surface area contributed by atoms with Crippen LogP contribution in [0, 0.1) is 6.92 Å². The van der Waals surface area contributed by atoms with Gasteiger partial charge in [0.25, 0.3) is 0 Å². The second-order valence-corrected chi connectivity index (χ2v) is 5.21. The third kappa shape index (κ3) is 5.64. The highest BCUT2D eigenvalue weighted by molar-refractivity contribution is 5.91. The monoisotopic (exact) mass is 278 g/mol. The van der Waals surface area contributed by atoms with Gasteiger partial charge in [-0.15, -0.1) is 0 Å². The molecule has 0 aliphatic heterocycles. The Bertz CT molecular complexity index is 413. The van der Waals surface area contributed by atoms with E-state index >= 15 is 0 Å². The molecule has 0 fully saturated rings. The fourth-order valence-corrected chi connectivity index (χ4v) is 2.15. The molecular weight excluding hydrogens is 252 g/mol. The quantitative estimate of drug-likeness (QED) is 0.530. The molecule has 0 aliphatic rings. The summed E-state index contributed by atoms with van der Waals surface area (Å²) in [5.41, 5.74) is 1.03. The summed E-state index contributed by atoms with van der Waals surface area (Å²) in [6.45, 7) is 4.39. The minimum absolute atomic E-state index is 0.135. The minimum Gasteiger partial charge on any atom is -0.508 e. The molecule has 0 unspecified atom stereocenters. The van der Waals surface area contributed by atoms with Crippen LogP contribution in [0.25, 0.3) is 0 Å². The second kappa shape index (κ2) is 9.40. The molecule has 1 rings (SSSR count). The molecule has 0 radical (unpaired) electrons. The predicted molar refractivity (Wildman–Crippen MR) is 81.1 cm³/mol. The van der Waals surface area contributed by atoms with E-state index in [0.717, 1.165) is 12.8 Å². The molecule has 0 atom stereocenters. The summed E-state index contributed by atoms with van der Waals surface area (Å²) in [6, 6.07) is 4.91. The van der Waals surface area contributed by atoms with Crippen LogP contribution in [0.1, 0.15) is 67.8 Å². The van der Waals surface area contributed by atoms with E-state index in [0.29, 0.717) is 17.7 Å². The molecule has 3 nitrogen and oxygen atoms in total. The number of carbonyl (C=O) groups is 1. The zero-order chi connectivity index (χ0) is 14.8. The Kier molecular flexibility index (Phi) is 7.78. The lowest BCUT2D eigenvalue weighted by molar-refractivity contribution is 0.0496. The molecule has 0 aromatic heterocycles. The first-order valence-corrected chi connectivity index (χ1v) is 7.62. The Morgan fingerprint density at radius 2 is 1.75 bits per heavy atom. The molecule has 3 heteroatoms. The maximum Gasteiger partial charge on any atom is 0.338 e. The number of rotatable bonds is 9. The fraction of sp³-hybridized carbons (Fsp3) is 0.588. The molecule has 0 spiro atoms. The molecule has 0 bridgehead atoms. The van der Waals surface area contributed by atoms with Gasteiger partial charge in [-0.1, -0.05) is 51.5 Å². The van der Waals surface area contributed by atoms with Crippen molar-refractivity contribution >= 4 is 5.97 Å². The van der Waals surface area contributed by atoms with Crippen LogP contribution < -0.4 is 0 Å². The number of phenols is 1. The van der Waals surface area contributed by atoms with E-state index in [1.165, 1.54) is 32.1 Å². The average Bonchev–Trinajstić information content (AvgIpc) is 2.44. The van der Waals surface area contributed by atoms with Gasteiger partial charge in [0.1, 0.15) is 5.75 Å². The van der Waals surface area contributed by atoms with Crippen molar-refractivity contribution < 1.29 is 14.6 Å². The van der Waals surface area contributed by atoms with E-state index < -0.39 is 0 Å². The normalized spacial score (nSPS) is 10.5. The Balaban J connectivity index is 2.19. The maximum atomic E-state index is 11.9. The van der Waals surface area contributed by atoms with E-state index in [4.69, 9.17) is 4.74 Å². The van der Waals surface area contributed by atoms with Gasteiger partial charge in [0, 0.05) is 5.56 Å². The first-order chi connectivity index (χ1) is 9.66. The summed E-state index contributed by atoms with van der Waals surface area (Å²) < 4.78 is 5.24. The lowest BCUT2D eigenvalue weighted by Gasteiger charge is -2.08. The second-order valence-electron chi connectivity index (χ2n) is 5.21. The molecular formula is C17H26O3. The van der Waals surface area contributed by atoms with Gasteiger partial charge in [0.2, 0.25) is 0 Å². The number of unbranched alkanes of at least 4 members (excludes halogenated alkanes) is 6. The minimum atomic E-state index is -0.343. The van der Waals surface area contributed by atoms with Gasteiger partial charge < -0.3 is 9.84 Å². The maximum absolute atomic E-state index is 11.9. The summed E-state index contributed by atoms with van der Waals surface area (Å²) >= 11 is 0. The van der Waals surface area contributed by atoms with Crippen LogP contribution in [-0.2, 0) is 4.74 Å². The van der Waals surface area contributed by atoms with Gasteiger partial charge in [-0.3, -0.25) is 0 Å². The van der Waals surface area contributed by atoms with Gasteiger partial charge in [-0.05, 0) is 25.5 Å². The van der Waals surface area contributed by atoms with Gasteiger partial charge in [-0.25, -0.2) is 4.79 Å². The van der Waals surface area contributed by atoms with Crippen LogP contribution in [-0.4, -0.2) is 17.7 Å². The Morgan fingerprint density at radius 3 is 2.45 bits per heavy atom. The molecule has 0 amide bonds. The lowest BCUT2D eigenvalue weighted by Crippen LogP contribution is -2.08. The van der Waals surface area contributed by atoms with Gasteiger partial charge in [0.15, 0.2) is 0 Å². The molecule has 1 N–H and O–H groups in total. The average molecular weight is 278 g/mol. The fourth-order valence-electron chi connectivity index (χ4n) is 2.15. The molecule has 0 heterocycles. The van der Waals surface area contributed by atoms with E-state index in [9.17, 15) is 9.90 Å². The Labute approximate surface area is 122 Å². The first kappa shape index (κ1) is 16.5. The SMILES string of the molecule is CCCCCCCCCOC(=O)c1cccc(O)c1C. The largest absolute Gasteiger partial charge is 0.508 e. The summed E-state index contributed by atoms with van der Waals surface area (Å²) in [6.07, 6.45) is 8.38. The predicted octanol–water partition coefficient (Wildman–Crippen LogP) is 4.61. The molecule has 0 saturated carbocycles. The summed E-state index contributed by atoms with van der Waals surface area (Å²) in [5, 5.41) is 9.55. The van der Waals surface area contributed by atoms with Crippen molar-refractivity contribution in [3.8, 4) is 5.75 Å². The number of aromatic hydroxyl groups is 1. The van der Waals surface area contributed by atoms with Crippen LogP contribution in [0.2, 0.25) is 0 Å². The van der Waals surface area contributed by atoms with Crippen molar-refractivity contribution in [3.63, 3.8) is 0 Å². The third-order valence-corrected chi connectivity index (χ3v) is 3.51. The standard InChI is InChI=1S/C17H26O3/c1-3-4-5-6-7-8-9-13-20-17(19)15-11-10-12-16(18)14(15)2/h10-12,18H,3-9,13H2,1-2H3.